The lowest BCUT2D eigenvalue weighted by molar-refractivity contribution is -0.120. The number of nitrogens with two attached hydrogens (primary N) is 1. The van der Waals surface area contributed by atoms with E-state index in [2.05, 4.69) is 24.3 Å². The summed E-state index contributed by atoms with van der Waals surface area (Å²) in [7, 11) is 0. The first-order valence-electron chi connectivity index (χ1n) is 8.60. The van der Waals surface area contributed by atoms with Crippen LogP contribution in [-0.2, 0) is 14.4 Å². The first kappa shape index (κ1) is 18.8. The Morgan fingerprint density at radius 1 is 1.44 bits per heavy atom. The van der Waals surface area contributed by atoms with Crippen molar-refractivity contribution in [3.8, 4) is 0 Å². The minimum absolute atomic E-state index is 0.109. The highest BCUT2D eigenvalue weighted by Crippen LogP contribution is 2.24. The fraction of sp³-hybridized carbons (Fsp3) is 0.500. The molecule has 0 bridgehead atoms. The number of carbonyl (C=O) groups is 2. The number of amidine groups is 1. The molecule has 0 aromatic heterocycles. The van der Waals surface area contributed by atoms with Gasteiger partial charge in [-0.3, -0.25) is 9.59 Å². The second-order valence-electron chi connectivity index (χ2n) is 6.54. The van der Waals surface area contributed by atoms with Gasteiger partial charge in [0.15, 0.2) is 6.61 Å². The van der Waals surface area contributed by atoms with Gasteiger partial charge in [-0.2, -0.15) is 0 Å². The maximum Gasteiger partial charge on any atom is 0.265 e. The van der Waals surface area contributed by atoms with Crippen LogP contribution in [0.25, 0.3) is 0 Å². The van der Waals surface area contributed by atoms with E-state index in [0.717, 1.165) is 18.5 Å². The van der Waals surface area contributed by atoms with E-state index in [9.17, 15) is 9.59 Å². The number of carbonyl (C=O) groups excluding carboxylic acids is 2. The van der Waals surface area contributed by atoms with Crippen LogP contribution in [0.4, 0.5) is 11.4 Å². The molecule has 7 nitrogen and oxygen atoms in total. The number of oxime groups is 1. The van der Waals surface area contributed by atoms with Gasteiger partial charge in [0.2, 0.25) is 5.91 Å². The first-order valence-corrected chi connectivity index (χ1v) is 8.60. The minimum atomic E-state index is -0.328. The predicted molar refractivity (Wildman–Crippen MR) is 98.3 cm³/mol. The molecule has 2 rings (SSSR count). The zero-order chi connectivity index (χ0) is 18.2. The van der Waals surface area contributed by atoms with E-state index in [-0.39, 0.29) is 18.4 Å². The molecule has 0 radical (unpaired) electrons. The van der Waals surface area contributed by atoms with Gasteiger partial charge in [-0.05, 0) is 37.0 Å². The number of amides is 2. The molecule has 1 saturated heterocycles. The summed E-state index contributed by atoms with van der Waals surface area (Å²) in [5, 5.41) is 6.48. The number of hydrogen-bond acceptors (Lipinski definition) is 4. The third-order valence-electron chi connectivity index (χ3n) is 3.87. The number of nitrogens with zero attached hydrogens (tertiary/aromatic N) is 2. The summed E-state index contributed by atoms with van der Waals surface area (Å²) < 4.78 is 0. The van der Waals surface area contributed by atoms with Crippen LogP contribution in [0.2, 0.25) is 0 Å². The Balaban J connectivity index is 1.82. The Kier molecular flexibility index (Phi) is 6.80. The maximum absolute atomic E-state index is 11.9. The molecule has 2 amide bonds. The monoisotopic (exact) mass is 346 g/mol. The Morgan fingerprint density at radius 2 is 2.24 bits per heavy atom. The van der Waals surface area contributed by atoms with Gasteiger partial charge in [-0.1, -0.05) is 25.1 Å². The van der Waals surface area contributed by atoms with Crippen molar-refractivity contribution in [1.82, 2.24) is 0 Å². The number of nitrogens with one attached hydrogen (secondary N) is 1. The zero-order valence-corrected chi connectivity index (χ0v) is 14.8. The van der Waals surface area contributed by atoms with Gasteiger partial charge < -0.3 is 20.8 Å². The van der Waals surface area contributed by atoms with E-state index in [0.29, 0.717) is 36.8 Å². The highest BCUT2D eigenvalue weighted by atomic mass is 16.6. The Labute approximate surface area is 148 Å². The van der Waals surface area contributed by atoms with Gasteiger partial charge in [0.05, 0.1) is 0 Å². The molecule has 1 aliphatic rings. The van der Waals surface area contributed by atoms with Crippen molar-refractivity contribution in [2.24, 2.45) is 16.8 Å². The molecule has 0 spiro atoms. The van der Waals surface area contributed by atoms with Crippen molar-refractivity contribution in [2.75, 3.05) is 23.4 Å². The van der Waals surface area contributed by atoms with Gasteiger partial charge in [0.25, 0.3) is 5.91 Å². The second-order valence-corrected chi connectivity index (χ2v) is 6.54. The van der Waals surface area contributed by atoms with Gasteiger partial charge in [0.1, 0.15) is 5.84 Å². The molecular formula is C18H26N4O3. The zero-order valence-electron chi connectivity index (χ0n) is 14.8. The average molecular weight is 346 g/mol. The van der Waals surface area contributed by atoms with Gasteiger partial charge in [-0.25, -0.2) is 0 Å². The summed E-state index contributed by atoms with van der Waals surface area (Å²) in [6, 6.07) is 7.21. The van der Waals surface area contributed by atoms with Crippen LogP contribution in [0.5, 0.6) is 0 Å². The van der Waals surface area contributed by atoms with E-state index in [1.807, 2.05) is 6.07 Å². The smallest absolute Gasteiger partial charge is 0.265 e. The van der Waals surface area contributed by atoms with Crippen LogP contribution in [-0.4, -0.2) is 30.8 Å². The van der Waals surface area contributed by atoms with Crippen molar-refractivity contribution >= 4 is 29.0 Å². The summed E-state index contributed by atoms with van der Waals surface area (Å²) in [4.78, 5) is 30.5. The van der Waals surface area contributed by atoms with Crippen molar-refractivity contribution < 1.29 is 14.4 Å². The molecule has 1 heterocycles. The van der Waals surface area contributed by atoms with Crippen LogP contribution in [0.15, 0.2) is 29.4 Å². The minimum Gasteiger partial charge on any atom is -0.384 e. The van der Waals surface area contributed by atoms with Gasteiger partial charge in [-0.15, -0.1) is 0 Å². The lowest BCUT2D eigenvalue weighted by Gasteiger charge is -2.16. The summed E-state index contributed by atoms with van der Waals surface area (Å²) >= 11 is 0. The van der Waals surface area contributed by atoms with Crippen molar-refractivity contribution in [3.05, 3.63) is 24.3 Å². The fourth-order valence-corrected chi connectivity index (χ4v) is 2.53. The van der Waals surface area contributed by atoms with E-state index in [4.69, 9.17) is 10.6 Å². The molecule has 1 aliphatic heterocycles. The van der Waals surface area contributed by atoms with Crippen molar-refractivity contribution in [3.63, 3.8) is 0 Å². The molecule has 1 aromatic carbocycles. The summed E-state index contributed by atoms with van der Waals surface area (Å²) in [5.74, 6) is 0.700. The van der Waals surface area contributed by atoms with E-state index < -0.39 is 0 Å². The molecule has 7 heteroatoms. The molecule has 25 heavy (non-hydrogen) atoms. The average Bonchev–Trinajstić information content (AvgIpc) is 2.99. The third kappa shape index (κ3) is 6.10. The van der Waals surface area contributed by atoms with Gasteiger partial charge >= 0.3 is 0 Å². The Hall–Kier alpha value is -2.57. The molecule has 0 aliphatic carbocycles. The number of anilines is 2. The molecule has 1 aromatic rings. The van der Waals surface area contributed by atoms with Crippen LogP contribution in [0.3, 0.4) is 0 Å². The SMILES string of the molecule is CC(C)CC/C(N)=N/OCC(=O)Nc1cccc(N2CCCC2=O)c1. The molecular weight excluding hydrogens is 320 g/mol. The van der Waals surface area contributed by atoms with E-state index in [1.165, 1.54) is 0 Å². The largest absolute Gasteiger partial charge is 0.384 e. The third-order valence-corrected chi connectivity index (χ3v) is 3.87. The van der Waals surface area contributed by atoms with Crippen LogP contribution in [0.1, 0.15) is 39.5 Å². The maximum atomic E-state index is 11.9. The Morgan fingerprint density at radius 3 is 2.92 bits per heavy atom. The normalized spacial score (nSPS) is 14.9. The summed E-state index contributed by atoms with van der Waals surface area (Å²) in [6.45, 7) is 4.70. The molecule has 3 N–H and O–H groups in total. The topological polar surface area (TPSA) is 97.0 Å². The fourth-order valence-electron chi connectivity index (χ4n) is 2.53. The molecule has 136 valence electrons. The summed E-state index contributed by atoms with van der Waals surface area (Å²) in [6.07, 6.45) is 3.00. The predicted octanol–water partition coefficient (Wildman–Crippen LogP) is 2.48. The van der Waals surface area contributed by atoms with Crippen LogP contribution >= 0.6 is 0 Å². The standard InChI is InChI=1S/C18H26N4O3/c1-13(2)8-9-16(19)21-25-12-17(23)20-14-5-3-6-15(11-14)22-10-4-7-18(22)24/h3,5-6,11,13H,4,7-10,12H2,1-2H3,(H2,19,21)(H,20,23). The number of benzene rings is 1. The lowest BCUT2D eigenvalue weighted by Crippen LogP contribution is -2.24. The Bertz CT molecular complexity index is 643. The highest BCUT2D eigenvalue weighted by Gasteiger charge is 2.21. The number of rotatable bonds is 8. The van der Waals surface area contributed by atoms with E-state index >= 15 is 0 Å². The molecule has 0 saturated carbocycles. The quantitative estimate of drug-likeness (QED) is 0.429. The highest BCUT2D eigenvalue weighted by molar-refractivity contribution is 5.97. The summed E-state index contributed by atoms with van der Waals surface area (Å²) in [5.41, 5.74) is 7.12. The first-order chi connectivity index (χ1) is 12.0. The van der Waals surface area contributed by atoms with Crippen molar-refractivity contribution in [1.29, 1.82) is 0 Å². The van der Waals surface area contributed by atoms with Gasteiger partial charge in [0, 0.05) is 30.8 Å². The van der Waals surface area contributed by atoms with Crippen LogP contribution < -0.4 is 16.0 Å². The number of hydrogen-bond donors (Lipinski definition) is 2. The second kappa shape index (κ2) is 9.05. The van der Waals surface area contributed by atoms with Crippen LogP contribution in [0, 0.1) is 5.92 Å². The molecule has 1 fully saturated rings. The van der Waals surface area contributed by atoms with E-state index in [1.54, 1.807) is 23.1 Å². The van der Waals surface area contributed by atoms with Crippen molar-refractivity contribution in [2.45, 2.75) is 39.5 Å². The molecule has 0 atom stereocenters. The lowest BCUT2D eigenvalue weighted by atomic mass is 10.1. The molecule has 0 unspecified atom stereocenters.